The van der Waals surface area contributed by atoms with E-state index in [0.29, 0.717) is 50.3 Å². The van der Waals surface area contributed by atoms with Crippen molar-refractivity contribution in [2.45, 2.75) is 32.7 Å². The summed E-state index contributed by atoms with van der Waals surface area (Å²) < 4.78 is 5.21. The van der Waals surface area contributed by atoms with Crippen molar-refractivity contribution in [2.75, 3.05) is 26.2 Å². The Labute approximate surface area is 177 Å². The Balaban J connectivity index is 1.71. The fourth-order valence-electron chi connectivity index (χ4n) is 3.92. The van der Waals surface area contributed by atoms with E-state index in [1.54, 1.807) is 46.2 Å². The van der Waals surface area contributed by atoms with Gasteiger partial charge in [-0.3, -0.25) is 14.4 Å². The molecule has 1 saturated heterocycles. The van der Waals surface area contributed by atoms with Gasteiger partial charge in [-0.15, -0.1) is 0 Å². The first kappa shape index (κ1) is 21.6. The Bertz CT molecular complexity index is 839. The maximum absolute atomic E-state index is 13.2. The molecule has 1 atom stereocenters. The second-order valence-corrected chi connectivity index (χ2v) is 7.43. The summed E-state index contributed by atoms with van der Waals surface area (Å²) >= 11 is 0. The van der Waals surface area contributed by atoms with Gasteiger partial charge < -0.3 is 19.5 Å². The summed E-state index contributed by atoms with van der Waals surface area (Å²) in [5.74, 6) is -0.179. The van der Waals surface area contributed by atoms with Crippen LogP contribution in [0.25, 0.3) is 0 Å². The molecule has 1 aromatic heterocycles. The van der Waals surface area contributed by atoms with Gasteiger partial charge in [0.25, 0.3) is 11.8 Å². The highest BCUT2D eigenvalue weighted by atomic mass is 16.3. The fourth-order valence-corrected chi connectivity index (χ4v) is 3.92. The molecule has 7 nitrogen and oxygen atoms in total. The number of carbonyl (C=O) groups is 3. The molecule has 0 unspecified atom stereocenters. The van der Waals surface area contributed by atoms with Gasteiger partial charge in [0.2, 0.25) is 5.91 Å². The Morgan fingerprint density at radius 3 is 2.30 bits per heavy atom. The summed E-state index contributed by atoms with van der Waals surface area (Å²) in [7, 11) is 0. The number of nitrogens with one attached hydrogen (secondary N) is 1. The SMILES string of the molecule is CCN(CC)C(=O)[C@H](NC(=O)c1ccccc1)C1CCN(C(=O)c2ccco2)CC1. The van der Waals surface area contributed by atoms with E-state index in [1.165, 1.54) is 6.26 Å². The summed E-state index contributed by atoms with van der Waals surface area (Å²) in [4.78, 5) is 42.0. The molecule has 1 aliphatic rings. The zero-order valence-electron chi connectivity index (χ0n) is 17.5. The van der Waals surface area contributed by atoms with Crippen LogP contribution in [0.4, 0.5) is 0 Å². The summed E-state index contributed by atoms with van der Waals surface area (Å²) in [6.07, 6.45) is 2.76. The van der Waals surface area contributed by atoms with Gasteiger partial charge in [0.1, 0.15) is 6.04 Å². The zero-order chi connectivity index (χ0) is 21.5. The first-order chi connectivity index (χ1) is 14.5. The van der Waals surface area contributed by atoms with E-state index in [-0.39, 0.29) is 23.6 Å². The molecule has 1 fully saturated rings. The number of carbonyl (C=O) groups excluding carboxylic acids is 3. The molecule has 3 rings (SSSR count). The van der Waals surface area contributed by atoms with Crippen LogP contribution in [0.1, 0.15) is 47.6 Å². The lowest BCUT2D eigenvalue weighted by Gasteiger charge is -2.37. The highest BCUT2D eigenvalue weighted by molar-refractivity contribution is 5.97. The molecule has 160 valence electrons. The number of benzene rings is 1. The molecule has 0 spiro atoms. The molecule has 2 aromatic rings. The minimum Gasteiger partial charge on any atom is -0.459 e. The van der Waals surface area contributed by atoms with Crippen LogP contribution in [-0.2, 0) is 4.79 Å². The van der Waals surface area contributed by atoms with Gasteiger partial charge in [0, 0.05) is 31.7 Å². The van der Waals surface area contributed by atoms with Gasteiger partial charge in [-0.05, 0) is 56.9 Å². The minimum absolute atomic E-state index is 0.0357. The van der Waals surface area contributed by atoms with Crippen LogP contribution in [-0.4, -0.2) is 59.7 Å². The van der Waals surface area contributed by atoms with E-state index in [2.05, 4.69) is 5.32 Å². The molecule has 0 bridgehead atoms. The number of nitrogens with zero attached hydrogens (tertiary/aromatic N) is 2. The van der Waals surface area contributed by atoms with Crippen LogP contribution in [0, 0.1) is 5.92 Å². The van der Waals surface area contributed by atoms with Crippen molar-refractivity contribution < 1.29 is 18.8 Å². The normalized spacial score (nSPS) is 15.5. The number of rotatable bonds is 7. The number of likely N-dealkylation sites (N-methyl/N-ethyl adjacent to an activating group) is 1. The molecule has 1 N–H and O–H groups in total. The van der Waals surface area contributed by atoms with Crippen molar-refractivity contribution >= 4 is 17.7 Å². The molecule has 2 heterocycles. The molecule has 7 heteroatoms. The average molecular weight is 412 g/mol. The van der Waals surface area contributed by atoms with Gasteiger partial charge in [-0.2, -0.15) is 0 Å². The topological polar surface area (TPSA) is 82.9 Å². The van der Waals surface area contributed by atoms with Crippen molar-refractivity contribution in [3.05, 3.63) is 60.1 Å². The maximum atomic E-state index is 13.2. The van der Waals surface area contributed by atoms with Crippen LogP contribution >= 0.6 is 0 Å². The molecule has 30 heavy (non-hydrogen) atoms. The second kappa shape index (κ2) is 10.1. The lowest BCUT2D eigenvalue weighted by atomic mass is 9.88. The smallest absolute Gasteiger partial charge is 0.289 e. The van der Waals surface area contributed by atoms with Gasteiger partial charge in [0.15, 0.2) is 5.76 Å². The highest BCUT2D eigenvalue weighted by Crippen LogP contribution is 2.24. The van der Waals surface area contributed by atoms with Crippen LogP contribution < -0.4 is 5.32 Å². The molecule has 0 saturated carbocycles. The lowest BCUT2D eigenvalue weighted by Crippen LogP contribution is -2.54. The Morgan fingerprint density at radius 1 is 1.07 bits per heavy atom. The van der Waals surface area contributed by atoms with Crippen molar-refractivity contribution in [3.63, 3.8) is 0 Å². The van der Waals surface area contributed by atoms with Crippen molar-refractivity contribution in [3.8, 4) is 0 Å². The third kappa shape index (κ3) is 4.90. The molecule has 0 radical (unpaired) electrons. The first-order valence-electron chi connectivity index (χ1n) is 10.5. The van der Waals surface area contributed by atoms with Crippen LogP contribution in [0.3, 0.4) is 0 Å². The molecule has 0 aliphatic carbocycles. The van der Waals surface area contributed by atoms with Gasteiger partial charge >= 0.3 is 0 Å². The third-order valence-corrected chi connectivity index (χ3v) is 5.69. The monoisotopic (exact) mass is 411 g/mol. The quantitative estimate of drug-likeness (QED) is 0.760. The van der Waals surface area contributed by atoms with E-state index in [1.807, 2.05) is 19.9 Å². The van der Waals surface area contributed by atoms with Gasteiger partial charge in [-0.1, -0.05) is 18.2 Å². The number of furan rings is 1. The van der Waals surface area contributed by atoms with Crippen molar-refractivity contribution in [1.29, 1.82) is 0 Å². The number of likely N-dealkylation sites (tertiary alicyclic amines) is 1. The predicted octanol–water partition coefficient (Wildman–Crippen LogP) is 2.80. The van der Waals surface area contributed by atoms with Crippen molar-refractivity contribution in [1.82, 2.24) is 15.1 Å². The fraction of sp³-hybridized carbons (Fsp3) is 0.435. The molecule has 3 amide bonds. The number of piperidine rings is 1. The summed E-state index contributed by atoms with van der Waals surface area (Å²) in [5, 5.41) is 2.97. The molecular formula is C23H29N3O4. The average Bonchev–Trinajstić information content (AvgIpc) is 3.33. The van der Waals surface area contributed by atoms with E-state index >= 15 is 0 Å². The maximum Gasteiger partial charge on any atom is 0.289 e. The van der Waals surface area contributed by atoms with E-state index in [0.717, 1.165) is 0 Å². The lowest BCUT2D eigenvalue weighted by molar-refractivity contribution is -0.134. The van der Waals surface area contributed by atoms with Crippen LogP contribution in [0.2, 0.25) is 0 Å². The highest BCUT2D eigenvalue weighted by Gasteiger charge is 2.36. The Kier molecular flexibility index (Phi) is 7.27. The van der Waals surface area contributed by atoms with E-state index < -0.39 is 6.04 Å². The number of amides is 3. The van der Waals surface area contributed by atoms with E-state index in [9.17, 15) is 14.4 Å². The second-order valence-electron chi connectivity index (χ2n) is 7.43. The number of hydrogen-bond acceptors (Lipinski definition) is 4. The third-order valence-electron chi connectivity index (χ3n) is 5.69. The summed E-state index contributed by atoms with van der Waals surface area (Å²) in [6, 6.07) is 11.7. The molecule has 1 aromatic carbocycles. The first-order valence-corrected chi connectivity index (χ1v) is 10.5. The Hall–Kier alpha value is -3.09. The summed E-state index contributed by atoms with van der Waals surface area (Å²) in [5.41, 5.74) is 0.528. The summed E-state index contributed by atoms with van der Waals surface area (Å²) in [6.45, 7) is 6.08. The molecule has 1 aliphatic heterocycles. The zero-order valence-corrected chi connectivity index (χ0v) is 17.5. The van der Waals surface area contributed by atoms with Gasteiger partial charge in [-0.25, -0.2) is 0 Å². The van der Waals surface area contributed by atoms with Crippen LogP contribution in [0.5, 0.6) is 0 Å². The van der Waals surface area contributed by atoms with E-state index in [4.69, 9.17) is 4.42 Å². The Morgan fingerprint density at radius 2 is 1.73 bits per heavy atom. The standard InChI is InChI=1S/C23H29N3O4/c1-3-25(4-2)23(29)20(24-21(27)18-9-6-5-7-10-18)17-12-14-26(15-13-17)22(28)19-11-8-16-30-19/h5-11,16-17,20H,3-4,12-15H2,1-2H3,(H,24,27)/t20-/m1/s1. The van der Waals surface area contributed by atoms with Crippen LogP contribution in [0.15, 0.2) is 53.1 Å². The molecular weight excluding hydrogens is 382 g/mol. The predicted molar refractivity (Wildman–Crippen MR) is 113 cm³/mol. The van der Waals surface area contributed by atoms with Crippen molar-refractivity contribution in [2.24, 2.45) is 5.92 Å². The minimum atomic E-state index is -0.613. The van der Waals surface area contributed by atoms with Gasteiger partial charge in [0.05, 0.1) is 6.26 Å². The largest absolute Gasteiger partial charge is 0.459 e. The number of hydrogen-bond donors (Lipinski definition) is 1.